The fourth-order valence-corrected chi connectivity index (χ4v) is 2.83. The summed E-state index contributed by atoms with van der Waals surface area (Å²) in [6.07, 6.45) is 2.12. The summed E-state index contributed by atoms with van der Waals surface area (Å²) in [5.41, 5.74) is 0. The van der Waals surface area contributed by atoms with Crippen LogP contribution in [0.4, 0.5) is 8.78 Å². The molecule has 2 fully saturated rings. The summed E-state index contributed by atoms with van der Waals surface area (Å²) in [6, 6.07) is 0.155. The second-order valence-electron chi connectivity index (χ2n) is 5.09. The van der Waals surface area contributed by atoms with Gasteiger partial charge in [-0.2, -0.15) is 0 Å². The van der Waals surface area contributed by atoms with Gasteiger partial charge in [-0.05, 0) is 25.2 Å². The van der Waals surface area contributed by atoms with Gasteiger partial charge in [0.25, 0.3) is 5.92 Å². The molecule has 0 aromatic rings. The van der Waals surface area contributed by atoms with E-state index in [-0.39, 0.29) is 25.1 Å². The summed E-state index contributed by atoms with van der Waals surface area (Å²) in [6.45, 7) is 2.47. The number of aliphatic hydroxyl groups is 1. The van der Waals surface area contributed by atoms with Crippen molar-refractivity contribution in [2.45, 2.75) is 50.7 Å². The Kier molecular flexibility index (Phi) is 2.99. The van der Waals surface area contributed by atoms with Crippen molar-refractivity contribution in [3.05, 3.63) is 0 Å². The van der Waals surface area contributed by atoms with Crippen molar-refractivity contribution in [3.8, 4) is 0 Å². The van der Waals surface area contributed by atoms with Crippen LogP contribution in [0.2, 0.25) is 0 Å². The zero-order chi connectivity index (χ0) is 11.1. The molecular formula is C11H19F2NO. The lowest BCUT2D eigenvalue weighted by atomic mass is 9.83. The summed E-state index contributed by atoms with van der Waals surface area (Å²) >= 11 is 0. The van der Waals surface area contributed by atoms with Crippen molar-refractivity contribution in [2.75, 3.05) is 13.1 Å². The predicted octanol–water partition coefficient (Wildman–Crippen LogP) is 1.88. The van der Waals surface area contributed by atoms with Gasteiger partial charge in [0, 0.05) is 19.0 Å². The molecule has 0 aromatic heterocycles. The predicted molar refractivity (Wildman–Crippen MR) is 53.9 cm³/mol. The van der Waals surface area contributed by atoms with Gasteiger partial charge >= 0.3 is 0 Å². The van der Waals surface area contributed by atoms with Crippen LogP contribution in [-0.4, -0.2) is 41.2 Å². The topological polar surface area (TPSA) is 23.5 Å². The van der Waals surface area contributed by atoms with Crippen molar-refractivity contribution in [1.82, 2.24) is 4.90 Å². The Labute approximate surface area is 89.3 Å². The van der Waals surface area contributed by atoms with Gasteiger partial charge in [0.15, 0.2) is 0 Å². The van der Waals surface area contributed by atoms with E-state index in [1.807, 2.05) is 4.90 Å². The first-order valence-corrected chi connectivity index (χ1v) is 5.78. The second kappa shape index (κ2) is 3.98. The average molecular weight is 219 g/mol. The Bertz CT molecular complexity index is 235. The molecule has 1 aliphatic carbocycles. The van der Waals surface area contributed by atoms with Crippen molar-refractivity contribution in [2.24, 2.45) is 5.92 Å². The fourth-order valence-electron chi connectivity index (χ4n) is 2.83. The van der Waals surface area contributed by atoms with Crippen LogP contribution in [0.15, 0.2) is 0 Å². The molecule has 0 bridgehead atoms. The molecule has 2 rings (SSSR count). The molecule has 1 aliphatic heterocycles. The van der Waals surface area contributed by atoms with E-state index < -0.39 is 5.92 Å². The largest absolute Gasteiger partial charge is 0.393 e. The minimum absolute atomic E-state index is 0.0215. The minimum atomic E-state index is -2.51. The first-order valence-electron chi connectivity index (χ1n) is 5.78. The van der Waals surface area contributed by atoms with Crippen LogP contribution in [0, 0.1) is 5.92 Å². The molecule has 4 heteroatoms. The molecule has 0 spiro atoms. The molecule has 1 saturated heterocycles. The van der Waals surface area contributed by atoms with Crippen LogP contribution in [0.25, 0.3) is 0 Å². The van der Waals surface area contributed by atoms with Gasteiger partial charge < -0.3 is 5.11 Å². The number of hydrogen-bond donors (Lipinski definition) is 1. The Morgan fingerprint density at radius 2 is 2.07 bits per heavy atom. The highest BCUT2D eigenvalue weighted by atomic mass is 19.3. The standard InChI is InChI=1S/C11H19F2NO/c1-8-2-3-9(15)6-10(8)14-5-4-11(12,13)7-14/h8-10,15H,2-7H2,1H3. The average Bonchev–Trinajstić information content (AvgIpc) is 2.50. The lowest BCUT2D eigenvalue weighted by Crippen LogP contribution is -2.44. The molecule has 0 radical (unpaired) electrons. The molecule has 2 nitrogen and oxygen atoms in total. The molecule has 3 unspecified atom stereocenters. The van der Waals surface area contributed by atoms with E-state index in [0.29, 0.717) is 18.9 Å². The monoisotopic (exact) mass is 219 g/mol. The van der Waals surface area contributed by atoms with Gasteiger partial charge in [0.2, 0.25) is 0 Å². The molecule has 0 amide bonds. The zero-order valence-corrected chi connectivity index (χ0v) is 9.13. The summed E-state index contributed by atoms with van der Waals surface area (Å²) in [7, 11) is 0. The summed E-state index contributed by atoms with van der Waals surface area (Å²) in [4.78, 5) is 1.87. The number of halogens is 2. The number of aliphatic hydroxyl groups excluding tert-OH is 1. The highest BCUT2D eigenvalue weighted by Gasteiger charge is 2.43. The van der Waals surface area contributed by atoms with Gasteiger partial charge in [-0.1, -0.05) is 6.92 Å². The number of hydrogen-bond acceptors (Lipinski definition) is 2. The summed E-state index contributed by atoms with van der Waals surface area (Å²) in [5, 5.41) is 9.57. The van der Waals surface area contributed by atoms with E-state index in [1.54, 1.807) is 0 Å². The van der Waals surface area contributed by atoms with E-state index in [0.717, 1.165) is 12.8 Å². The van der Waals surface area contributed by atoms with Crippen LogP contribution in [-0.2, 0) is 0 Å². The van der Waals surface area contributed by atoms with Gasteiger partial charge in [0.05, 0.1) is 12.6 Å². The smallest absolute Gasteiger partial charge is 0.261 e. The van der Waals surface area contributed by atoms with Gasteiger partial charge in [-0.25, -0.2) is 8.78 Å². The quantitative estimate of drug-likeness (QED) is 0.728. The Hall–Kier alpha value is -0.220. The third kappa shape index (κ3) is 2.48. The van der Waals surface area contributed by atoms with E-state index in [9.17, 15) is 13.9 Å². The minimum Gasteiger partial charge on any atom is -0.393 e. The van der Waals surface area contributed by atoms with E-state index >= 15 is 0 Å². The highest BCUT2D eigenvalue weighted by Crippen LogP contribution is 2.35. The van der Waals surface area contributed by atoms with Crippen molar-refractivity contribution < 1.29 is 13.9 Å². The van der Waals surface area contributed by atoms with Gasteiger partial charge in [0.1, 0.15) is 0 Å². The SMILES string of the molecule is CC1CCC(O)CC1N1CCC(F)(F)C1. The van der Waals surface area contributed by atoms with Crippen molar-refractivity contribution >= 4 is 0 Å². The summed E-state index contributed by atoms with van der Waals surface area (Å²) in [5.74, 6) is -2.08. The second-order valence-corrected chi connectivity index (χ2v) is 5.09. The third-order valence-electron chi connectivity index (χ3n) is 3.79. The lowest BCUT2D eigenvalue weighted by Gasteiger charge is -2.38. The first kappa shape index (κ1) is 11.3. The summed E-state index contributed by atoms with van der Waals surface area (Å²) < 4.78 is 26.1. The lowest BCUT2D eigenvalue weighted by molar-refractivity contribution is -0.00955. The van der Waals surface area contributed by atoms with Crippen LogP contribution in [0.1, 0.15) is 32.6 Å². The third-order valence-corrected chi connectivity index (χ3v) is 3.79. The Balaban J connectivity index is 1.97. The van der Waals surface area contributed by atoms with Crippen LogP contribution in [0.5, 0.6) is 0 Å². The number of likely N-dealkylation sites (tertiary alicyclic amines) is 1. The van der Waals surface area contributed by atoms with E-state index in [1.165, 1.54) is 0 Å². The first-order chi connectivity index (χ1) is 6.98. The fraction of sp³-hybridized carbons (Fsp3) is 1.00. The molecule has 3 atom stereocenters. The maximum absolute atomic E-state index is 13.1. The van der Waals surface area contributed by atoms with Crippen LogP contribution >= 0.6 is 0 Å². The number of rotatable bonds is 1. The molecule has 1 N–H and O–H groups in total. The van der Waals surface area contributed by atoms with Crippen molar-refractivity contribution in [3.63, 3.8) is 0 Å². The Morgan fingerprint density at radius 1 is 1.33 bits per heavy atom. The maximum atomic E-state index is 13.1. The number of nitrogens with zero attached hydrogens (tertiary/aromatic N) is 1. The molecule has 88 valence electrons. The molecule has 2 aliphatic rings. The molecular weight excluding hydrogens is 200 g/mol. The molecule has 0 aromatic carbocycles. The van der Waals surface area contributed by atoms with Gasteiger partial charge in [-0.3, -0.25) is 4.90 Å². The Morgan fingerprint density at radius 3 is 2.67 bits per heavy atom. The number of alkyl halides is 2. The van der Waals surface area contributed by atoms with E-state index in [4.69, 9.17) is 0 Å². The van der Waals surface area contributed by atoms with Crippen molar-refractivity contribution in [1.29, 1.82) is 0 Å². The van der Waals surface area contributed by atoms with Crippen LogP contribution < -0.4 is 0 Å². The molecule has 1 heterocycles. The van der Waals surface area contributed by atoms with Crippen LogP contribution in [0.3, 0.4) is 0 Å². The van der Waals surface area contributed by atoms with Gasteiger partial charge in [-0.15, -0.1) is 0 Å². The highest BCUT2D eigenvalue weighted by molar-refractivity contribution is 4.91. The van der Waals surface area contributed by atoms with E-state index in [2.05, 4.69) is 6.92 Å². The normalized spacial score (nSPS) is 42.0. The molecule has 1 saturated carbocycles. The molecule has 15 heavy (non-hydrogen) atoms. The zero-order valence-electron chi connectivity index (χ0n) is 9.13. The maximum Gasteiger partial charge on any atom is 0.261 e.